The molecule has 0 unspecified atom stereocenters. The van der Waals surface area contributed by atoms with E-state index in [1.54, 1.807) is 4.68 Å². The van der Waals surface area contributed by atoms with Gasteiger partial charge >= 0.3 is 0 Å². The van der Waals surface area contributed by atoms with Gasteiger partial charge in [0.15, 0.2) is 5.78 Å². The molecule has 4 rings (SSSR count). The van der Waals surface area contributed by atoms with Crippen molar-refractivity contribution in [2.75, 3.05) is 5.32 Å². The molecule has 2 heterocycles. The Morgan fingerprint density at radius 1 is 1.10 bits per heavy atom. The number of ketones is 1. The number of hydrogen-bond donors (Lipinski definition) is 1. The van der Waals surface area contributed by atoms with Gasteiger partial charge in [-0.15, -0.1) is 0 Å². The third-order valence-corrected chi connectivity index (χ3v) is 5.87. The molecule has 148 valence electrons. The van der Waals surface area contributed by atoms with Crippen LogP contribution in [0.25, 0.3) is 5.69 Å². The third-order valence-electron chi connectivity index (χ3n) is 5.47. The molecule has 6 heteroatoms. The molecule has 0 aliphatic carbocycles. The number of nitrogens with zero attached hydrogens (tertiary/aromatic N) is 2. The predicted octanol–water partition coefficient (Wildman–Crippen LogP) is 5.07. The van der Waals surface area contributed by atoms with Crippen molar-refractivity contribution in [1.29, 1.82) is 0 Å². The van der Waals surface area contributed by atoms with Crippen LogP contribution in [-0.4, -0.2) is 21.5 Å². The Labute approximate surface area is 174 Å². The van der Waals surface area contributed by atoms with Crippen LogP contribution in [0.2, 0.25) is 5.02 Å². The van der Waals surface area contributed by atoms with E-state index >= 15 is 0 Å². The quantitative estimate of drug-likeness (QED) is 0.616. The Morgan fingerprint density at radius 2 is 1.86 bits per heavy atom. The van der Waals surface area contributed by atoms with Gasteiger partial charge in [-0.25, -0.2) is 4.68 Å². The molecule has 1 atom stereocenters. The summed E-state index contributed by atoms with van der Waals surface area (Å²) in [6, 6.07) is 11.4. The van der Waals surface area contributed by atoms with Crippen LogP contribution in [0.15, 0.2) is 36.4 Å². The zero-order valence-corrected chi connectivity index (χ0v) is 17.6. The molecule has 0 bridgehead atoms. The predicted molar refractivity (Wildman–Crippen MR) is 114 cm³/mol. The lowest BCUT2D eigenvalue weighted by molar-refractivity contribution is -0.116. The van der Waals surface area contributed by atoms with Crippen LogP contribution in [0.3, 0.4) is 0 Å². The maximum absolute atomic E-state index is 13.4. The lowest BCUT2D eigenvalue weighted by atomic mass is 9.84. The SMILES string of the molecule is Cc1ccc(C(=O)[C@H]2CC(=O)Nc3c2c(C)nn3-c2ccc(C)c(Cl)c2)c(C)c1. The van der Waals surface area contributed by atoms with Crippen LogP contribution >= 0.6 is 11.6 Å². The standard InChI is InChI=1S/C23H22ClN3O2/c1-12-5-8-17(14(3)9-12)22(29)18-11-20(28)25-23-21(18)15(4)26-27(23)16-7-6-13(2)19(24)10-16/h5-10,18H,11H2,1-4H3,(H,25,28)/t18-/m0/s1. The van der Waals surface area contributed by atoms with Gasteiger partial charge in [-0.1, -0.05) is 41.4 Å². The van der Waals surface area contributed by atoms with E-state index in [2.05, 4.69) is 10.4 Å². The summed E-state index contributed by atoms with van der Waals surface area (Å²) in [5.74, 6) is -0.264. The first-order valence-corrected chi connectivity index (χ1v) is 9.91. The van der Waals surface area contributed by atoms with Gasteiger partial charge in [-0.05, 0) is 51.0 Å². The highest BCUT2D eigenvalue weighted by atomic mass is 35.5. The molecule has 1 aliphatic heterocycles. The van der Waals surface area contributed by atoms with Crippen molar-refractivity contribution in [3.8, 4) is 5.69 Å². The number of aryl methyl sites for hydroxylation is 4. The number of fused-ring (bicyclic) bond motifs is 1. The molecular weight excluding hydrogens is 386 g/mol. The van der Waals surface area contributed by atoms with Crippen LogP contribution in [-0.2, 0) is 4.79 Å². The lowest BCUT2D eigenvalue weighted by Gasteiger charge is -2.24. The summed E-state index contributed by atoms with van der Waals surface area (Å²) in [7, 11) is 0. The summed E-state index contributed by atoms with van der Waals surface area (Å²) in [6.45, 7) is 7.71. The number of nitrogens with one attached hydrogen (secondary N) is 1. The first-order chi connectivity index (χ1) is 13.8. The van der Waals surface area contributed by atoms with E-state index in [1.807, 2.05) is 64.1 Å². The van der Waals surface area contributed by atoms with Crippen LogP contribution in [0.4, 0.5) is 5.82 Å². The Balaban J connectivity index is 1.83. The molecule has 0 saturated heterocycles. The largest absolute Gasteiger partial charge is 0.310 e. The number of Topliss-reactive ketones (excluding diaryl/α,β-unsaturated/α-hetero) is 1. The van der Waals surface area contributed by atoms with E-state index in [4.69, 9.17) is 11.6 Å². The summed E-state index contributed by atoms with van der Waals surface area (Å²) in [5, 5.41) is 8.15. The minimum absolute atomic E-state index is 0.0526. The zero-order chi connectivity index (χ0) is 20.9. The molecule has 1 N–H and O–H groups in total. The topological polar surface area (TPSA) is 64.0 Å². The van der Waals surface area contributed by atoms with E-state index in [-0.39, 0.29) is 18.1 Å². The Hall–Kier alpha value is -2.92. The number of carbonyl (C=O) groups excluding carboxylic acids is 2. The number of hydrogen-bond acceptors (Lipinski definition) is 3. The summed E-state index contributed by atoms with van der Waals surface area (Å²) >= 11 is 6.29. The second-order valence-electron chi connectivity index (χ2n) is 7.68. The van der Waals surface area contributed by atoms with Gasteiger partial charge in [0.25, 0.3) is 0 Å². The first-order valence-electron chi connectivity index (χ1n) is 9.53. The van der Waals surface area contributed by atoms with E-state index in [9.17, 15) is 9.59 Å². The number of aromatic nitrogens is 2. The molecular formula is C23H22ClN3O2. The maximum atomic E-state index is 13.4. The summed E-state index contributed by atoms with van der Waals surface area (Å²) < 4.78 is 1.66. The molecule has 1 aromatic heterocycles. The number of rotatable bonds is 3. The van der Waals surface area contributed by atoms with Crippen LogP contribution in [0.1, 0.15) is 50.6 Å². The van der Waals surface area contributed by atoms with Gasteiger partial charge in [-0.3, -0.25) is 9.59 Å². The molecule has 1 amide bonds. The fourth-order valence-electron chi connectivity index (χ4n) is 3.95. The molecule has 29 heavy (non-hydrogen) atoms. The Bertz CT molecular complexity index is 1160. The second kappa shape index (κ2) is 7.16. The average molecular weight is 408 g/mol. The molecule has 5 nitrogen and oxygen atoms in total. The summed E-state index contributed by atoms with van der Waals surface area (Å²) in [4.78, 5) is 25.9. The van der Waals surface area contributed by atoms with Crippen LogP contribution in [0.5, 0.6) is 0 Å². The van der Waals surface area contributed by atoms with E-state index in [0.717, 1.165) is 33.6 Å². The van der Waals surface area contributed by atoms with Gasteiger partial charge in [0.1, 0.15) is 5.82 Å². The Morgan fingerprint density at radius 3 is 2.55 bits per heavy atom. The highest BCUT2D eigenvalue weighted by Gasteiger charge is 2.36. The van der Waals surface area contributed by atoms with Gasteiger partial charge in [0.05, 0.1) is 17.3 Å². The minimum atomic E-state index is -0.560. The highest BCUT2D eigenvalue weighted by Crippen LogP contribution is 2.39. The molecule has 0 saturated carbocycles. The monoisotopic (exact) mass is 407 g/mol. The number of carbonyl (C=O) groups is 2. The lowest BCUT2D eigenvalue weighted by Crippen LogP contribution is -2.28. The molecule has 2 aromatic carbocycles. The second-order valence-corrected chi connectivity index (χ2v) is 8.09. The smallest absolute Gasteiger partial charge is 0.226 e. The average Bonchev–Trinajstić information content (AvgIpc) is 2.99. The van der Waals surface area contributed by atoms with E-state index in [1.165, 1.54) is 0 Å². The minimum Gasteiger partial charge on any atom is -0.310 e. The molecule has 1 aliphatic rings. The summed E-state index contributed by atoms with van der Waals surface area (Å²) in [5.41, 5.74) is 5.85. The number of benzene rings is 2. The Kier molecular flexibility index (Phi) is 4.79. The molecule has 0 spiro atoms. The van der Waals surface area contributed by atoms with Crippen molar-refractivity contribution in [1.82, 2.24) is 9.78 Å². The van der Waals surface area contributed by atoms with Crippen molar-refractivity contribution in [3.05, 3.63) is 74.9 Å². The molecule has 0 fully saturated rings. The van der Waals surface area contributed by atoms with Gasteiger partial charge in [0.2, 0.25) is 5.91 Å². The van der Waals surface area contributed by atoms with Crippen molar-refractivity contribution < 1.29 is 9.59 Å². The molecule has 0 radical (unpaired) electrons. The van der Waals surface area contributed by atoms with Crippen LogP contribution < -0.4 is 5.32 Å². The van der Waals surface area contributed by atoms with Gasteiger partial charge < -0.3 is 5.32 Å². The number of anilines is 1. The van der Waals surface area contributed by atoms with Crippen molar-refractivity contribution in [2.24, 2.45) is 0 Å². The van der Waals surface area contributed by atoms with Crippen molar-refractivity contribution in [3.63, 3.8) is 0 Å². The van der Waals surface area contributed by atoms with E-state index in [0.29, 0.717) is 16.4 Å². The third kappa shape index (κ3) is 3.36. The number of amides is 1. The number of halogens is 1. The van der Waals surface area contributed by atoms with Crippen molar-refractivity contribution in [2.45, 2.75) is 40.0 Å². The highest BCUT2D eigenvalue weighted by molar-refractivity contribution is 6.31. The van der Waals surface area contributed by atoms with Crippen LogP contribution in [0, 0.1) is 27.7 Å². The van der Waals surface area contributed by atoms with Gasteiger partial charge in [0, 0.05) is 22.6 Å². The van der Waals surface area contributed by atoms with E-state index < -0.39 is 5.92 Å². The summed E-state index contributed by atoms with van der Waals surface area (Å²) in [6.07, 6.45) is 0.111. The zero-order valence-electron chi connectivity index (χ0n) is 16.8. The maximum Gasteiger partial charge on any atom is 0.226 e. The van der Waals surface area contributed by atoms with Gasteiger partial charge in [-0.2, -0.15) is 5.10 Å². The first kappa shape index (κ1) is 19.4. The fourth-order valence-corrected chi connectivity index (χ4v) is 4.12. The fraction of sp³-hybridized carbons (Fsp3) is 0.261. The molecule has 3 aromatic rings. The normalized spacial score (nSPS) is 15.8. The van der Waals surface area contributed by atoms with Crippen molar-refractivity contribution >= 4 is 29.1 Å².